The Morgan fingerprint density at radius 1 is 1.26 bits per heavy atom. The largest absolute Gasteiger partial charge is 0.413 e. The van der Waals surface area contributed by atoms with E-state index in [2.05, 4.69) is 6.58 Å². The summed E-state index contributed by atoms with van der Waals surface area (Å²) in [4.78, 5) is 0. The molecule has 0 saturated heterocycles. The summed E-state index contributed by atoms with van der Waals surface area (Å²) in [6, 6.07) is -0.575. The summed E-state index contributed by atoms with van der Waals surface area (Å²) < 4.78 is 44.6. The zero-order chi connectivity index (χ0) is 15.5. The molecule has 0 amide bonds. The van der Waals surface area contributed by atoms with E-state index in [1.807, 2.05) is 33.9 Å². The van der Waals surface area contributed by atoms with Crippen molar-refractivity contribution in [3.05, 3.63) is 12.7 Å². The summed E-state index contributed by atoms with van der Waals surface area (Å²) in [5.41, 5.74) is 5.67. The van der Waals surface area contributed by atoms with E-state index in [-0.39, 0.29) is 11.5 Å². The van der Waals surface area contributed by atoms with Crippen LogP contribution < -0.4 is 5.73 Å². The average molecular weight is 297 g/mol. The second kappa shape index (κ2) is 6.41. The third-order valence-corrected chi connectivity index (χ3v) is 8.08. The topological polar surface area (TPSA) is 35.2 Å². The Hall–Kier alpha value is -0.333. The molecule has 2 nitrogen and oxygen atoms in total. The normalized spacial score (nSPS) is 17.1. The first-order valence-corrected chi connectivity index (χ1v) is 9.33. The van der Waals surface area contributed by atoms with Crippen LogP contribution in [0.15, 0.2) is 12.7 Å². The first-order valence-electron chi connectivity index (χ1n) is 6.42. The predicted octanol–water partition coefficient (Wildman–Crippen LogP) is 4.23. The molecule has 0 saturated carbocycles. The maximum absolute atomic E-state index is 13.1. The van der Waals surface area contributed by atoms with Crippen molar-refractivity contribution in [2.75, 3.05) is 0 Å². The highest BCUT2D eigenvalue weighted by Gasteiger charge is 2.48. The van der Waals surface area contributed by atoms with Gasteiger partial charge in [0.25, 0.3) is 0 Å². The molecule has 0 aromatic rings. The second-order valence-electron chi connectivity index (χ2n) is 6.43. The summed E-state index contributed by atoms with van der Waals surface area (Å²) in [6.45, 7) is 12.9. The Kier molecular flexibility index (Phi) is 6.30. The molecule has 0 aliphatic rings. The van der Waals surface area contributed by atoms with Gasteiger partial charge in [-0.3, -0.25) is 0 Å². The zero-order valence-electron chi connectivity index (χ0n) is 12.5. The van der Waals surface area contributed by atoms with Gasteiger partial charge >= 0.3 is 6.18 Å². The molecule has 1 unspecified atom stereocenters. The van der Waals surface area contributed by atoms with E-state index >= 15 is 0 Å². The summed E-state index contributed by atoms with van der Waals surface area (Å²) in [6.07, 6.45) is -4.50. The summed E-state index contributed by atoms with van der Waals surface area (Å²) in [5.74, 6) is 0. The van der Waals surface area contributed by atoms with E-state index < -0.39 is 26.6 Å². The number of halogens is 3. The van der Waals surface area contributed by atoms with Gasteiger partial charge in [0.15, 0.2) is 8.32 Å². The Balaban J connectivity index is 4.94. The Labute approximate surface area is 115 Å². The molecule has 2 atom stereocenters. The lowest BCUT2D eigenvalue weighted by molar-refractivity contribution is -0.201. The second-order valence-corrected chi connectivity index (χ2v) is 11.2. The maximum atomic E-state index is 13.1. The number of rotatable bonds is 6. The van der Waals surface area contributed by atoms with Gasteiger partial charge in [0.05, 0.1) is 0 Å². The van der Waals surface area contributed by atoms with Crippen molar-refractivity contribution in [1.29, 1.82) is 0 Å². The van der Waals surface area contributed by atoms with Crippen molar-refractivity contribution < 1.29 is 17.6 Å². The van der Waals surface area contributed by atoms with E-state index in [9.17, 15) is 13.2 Å². The van der Waals surface area contributed by atoms with Crippen LogP contribution in [0.3, 0.4) is 0 Å². The molecular formula is C13H26F3NOSi. The number of nitrogens with two attached hydrogens (primary N) is 1. The molecule has 0 bridgehead atoms. The highest BCUT2D eigenvalue weighted by atomic mass is 28.4. The highest BCUT2D eigenvalue weighted by molar-refractivity contribution is 6.74. The van der Waals surface area contributed by atoms with Crippen LogP contribution in [0.25, 0.3) is 0 Å². The SMILES string of the molecule is C=CC[C@@H](N)CC(O[Si](C)(C)C(C)(C)C)C(F)(F)F. The standard InChI is InChI=1S/C13H26F3NOSi/c1-7-8-10(17)9-11(13(14,15)16)18-19(5,6)12(2,3)4/h7,10-11H,1,8-9,17H2,2-6H3/t10-,11?/m1/s1. The maximum Gasteiger partial charge on any atom is 0.413 e. The molecule has 0 fully saturated rings. The van der Waals surface area contributed by atoms with Crippen LogP contribution in [0.2, 0.25) is 18.1 Å². The number of alkyl halides is 3. The predicted molar refractivity (Wildman–Crippen MR) is 75.5 cm³/mol. The van der Waals surface area contributed by atoms with Crippen molar-refractivity contribution >= 4 is 8.32 Å². The fourth-order valence-electron chi connectivity index (χ4n) is 1.37. The van der Waals surface area contributed by atoms with Crippen molar-refractivity contribution in [3.63, 3.8) is 0 Å². The summed E-state index contributed by atoms with van der Waals surface area (Å²) in [7, 11) is -2.47. The molecule has 114 valence electrons. The molecule has 0 spiro atoms. The van der Waals surface area contributed by atoms with Crippen molar-refractivity contribution in [3.8, 4) is 0 Å². The fraction of sp³-hybridized carbons (Fsp3) is 0.846. The van der Waals surface area contributed by atoms with Gasteiger partial charge in [0.1, 0.15) is 6.10 Å². The summed E-state index contributed by atoms with van der Waals surface area (Å²) >= 11 is 0. The van der Waals surface area contributed by atoms with E-state index in [0.717, 1.165) is 0 Å². The monoisotopic (exact) mass is 297 g/mol. The summed E-state index contributed by atoms with van der Waals surface area (Å²) in [5, 5.41) is -0.265. The quantitative estimate of drug-likeness (QED) is 0.588. The molecule has 0 aliphatic heterocycles. The first-order chi connectivity index (χ1) is 8.31. The Morgan fingerprint density at radius 2 is 1.74 bits per heavy atom. The van der Waals surface area contributed by atoms with Crippen LogP contribution in [-0.2, 0) is 4.43 Å². The van der Waals surface area contributed by atoms with Gasteiger partial charge in [-0.1, -0.05) is 26.8 Å². The van der Waals surface area contributed by atoms with Crippen LogP contribution in [0.5, 0.6) is 0 Å². The number of hydrogen-bond acceptors (Lipinski definition) is 2. The van der Waals surface area contributed by atoms with E-state index in [1.165, 1.54) is 6.08 Å². The molecule has 0 aliphatic carbocycles. The molecule has 0 rings (SSSR count). The van der Waals surface area contributed by atoms with Gasteiger partial charge in [0.2, 0.25) is 0 Å². The fourth-order valence-corrected chi connectivity index (χ4v) is 2.66. The van der Waals surface area contributed by atoms with Crippen molar-refractivity contribution in [1.82, 2.24) is 0 Å². The van der Waals surface area contributed by atoms with Crippen LogP contribution in [-0.4, -0.2) is 26.6 Å². The van der Waals surface area contributed by atoms with Crippen molar-refractivity contribution in [2.45, 2.75) is 70.1 Å². The molecule has 0 aromatic carbocycles. The molecule has 0 radical (unpaired) electrons. The number of hydrogen-bond donors (Lipinski definition) is 1. The lowest BCUT2D eigenvalue weighted by Gasteiger charge is -2.40. The Morgan fingerprint density at radius 3 is 2.05 bits per heavy atom. The van der Waals surface area contributed by atoms with Crippen molar-refractivity contribution in [2.24, 2.45) is 5.73 Å². The van der Waals surface area contributed by atoms with E-state index in [0.29, 0.717) is 6.42 Å². The molecule has 2 N–H and O–H groups in total. The van der Waals surface area contributed by atoms with Crippen LogP contribution in [0, 0.1) is 0 Å². The minimum absolute atomic E-state index is 0.220. The van der Waals surface area contributed by atoms with E-state index in [1.54, 1.807) is 0 Å². The van der Waals surface area contributed by atoms with Gasteiger partial charge < -0.3 is 10.2 Å². The van der Waals surface area contributed by atoms with Crippen LogP contribution >= 0.6 is 0 Å². The van der Waals surface area contributed by atoms with Gasteiger partial charge in [-0.05, 0) is 31.0 Å². The molecule has 0 aromatic heterocycles. The molecule has 0 heterocycles. The molecule has 19 heavy (non-hydrogen) atoms. The minimum Gasteiger partial charge on any atom is -0.405 e. The third kappa shape index (κ3) is 6.10. The minimum atomic E-state index is -4.38. The molecular weight excluding hydrogens is 271 g/mol. The van der Waals surface area contributed by atoms with Crippen LogP contribution in [0.1, 0.15) is 33.6 Å². The third-order valence-electron chi connectivity index (χ3n) is 3.59. The van der Waals surface area contributed by atoms with Crippen LogP contribution in [0.4, 0.5) is 13.2 Å². The lowest BCUT2D eigenvalue weighted by atomic mass is 10.1. The van der Waals surface area contributed by atoms with Gasteiger partial charge in [0, 0.05) is 6.04 Å². The molecule has 6 heteroatoms. The Bertz CT molecular complexity index is 297. The highest BCUT2D eigenvalue weighted by Crippen LogP contribution is 2.40. The van der Waals surface area contributed by atoms with Gasteiger partial charge in [-0.15, -0.1) is 6.58 Å². The van der Waals surface area contributed by atoms with Gasteiger partial charge in [-0.25, -0.2) is 0 Å². The average Bonchev–Trinajstić information content (AvgIpc) is 2.13. The van der Waals surface area contributed by atoms with Gasteiger partial charge in [-0.2, -0.15) is 13.2 Å². The lowest BCUT2D eigenvalue weighted by Crippen LogP contribution is -2.49. The van der Waals surface area contributed by atoms with E-state index in [4.69, 9.17) is 10.2 Å². The zero-order valence-corrected chi connectivity index (χ0v) is 13.5. The smallest absolute Gasteiger partial charge is 0.405 e. The first kappa shape index (κ1) is 18.7.